The summed E-state index contributed by atoms with van der Waals surface area (Å²) in [5.74, 6) is -0.376. The highest BCUT2D eigenvalue weighted by atomic mass is 32.1. The molecule has 0 saturated carbocycles. The zero-order chi connectivity index (χ0) is 30.6. The van der Waals surface area contributed by atoms with Crippen molar-refractivity contribution in [2.75, 3.05) is 31.7 Å². The average molecular weight is 592 g/mol. The monoisotopic (exact) mass is 591 g/mol. The van der Waals surface area contributed by atoms with Crippen LogP contribution >= 0.6 is 11.3 Å². The van der Waals surface area contributed by atoms with E-state index in [2.05, 4.69) is 23.7 Å². The molecule has 0 radical (unpaired) electrons. The molecule has 2 aromatic carbocycles. The van der Waals surface area contributed by atoms with Crippen LogP contribution in [0.4, 0.5) is 5.69 Å². The van der Waals surface area contributed by atoms with Crippen LogP contribution < -0.4 is 29.3 Å². The molecule has 0 fully saturated rings. The molecule has 3 aromatic rings. The summed E-state index contributed by atoms with van der Waals surface area (Å²) in [6.07, 6.45) is 1.84. The molecule has 0 N–H and O–H groups in total. The zero-order valence-corrected chi connectivity index (χ0v) is 25.9. The largest absolute Gasteiger partial charge is 0.493 e. The molecule has 0 spiro atoms. The van der Waals surface area contributed by atoms with E-state index >= 15 is 0 Å². The number of carbonyl (C=O) groups is 2. The minimum Gasteiger partial charge on any atom is -0.493 e. The van der Waals surface area contributed by atoms with Gasteiger partial charge in [0, 0.05) is 25.7 Å². The Morgan fingerprint density at radius 3 is 2.38 bits per heavy atom. The first-order chi connectivity index (χ1) is 20.1. The van der Waals surface area contributed by atoms with Crippen LogP contribution in [-0.2, 0) is 14.3 Å². The van der Waals surface area contributed by atoms with E-state index in [0.29, 0.717) is 26.3 Å². The summed E-state index contributed by atoms with van der Waals surface area (Å²) in [7, 11) is 1.46. The molecule has 9 nitrogen and oxygen atoms in total. The Bertz CT molecular complexity index is 1680. The summed E-state index contributed by atoms with van der Waals surface area (Å²) in [5, 5.41) is 0. The van der Waals surface area contributed by atoms with Crippen LogP contribution in [0.1, 0.15) is 58.7 Å². The summed E-state index contributed by atoms with van der Waals surface area (Å²) in [6.45, 7) is 13.2. The second-order valence-corrected chi connectivity index (χ2v) is 11.4. The number of esters is 2. The summed E-state index contributed by atoms with van der Waals surface area (Å²) >= 11 is 1.26. The fraction of sp³-hybridized carbons (Fsp3) is 0.375. The second kappa shape index (κ2) is 13.2. The Balaban J connectivity index is 1.87. The molecule has 1 aliphatic rings. The molecule has 1 aromatic heterocycles. The Morgan fingerprint density at radius 1 is 1.10 bits per heavy atom. The van der Waals surface area contributed by atoms with Crippen molar-refractivity contribution >= 4 is 35.0 Å². The number of benzene rings is 2. The van der Waals surface area contributed by atoms with E-state index in [0.717, 1.165) is 24.3 Å². The number of methoxy groups -OCH3 is 1. The van der Waals surface area contributed by atoms with Crippen molar-refractivity contribution in [1.82, 2.24) is 4.57 Å². The maximum atomic E-state index is 14.0. The van der Waals surface area contributed by atoms with E-state index in [-0.39, 0.29) is 29.4 Å². The van der Waals surface area contributed by atoms with Crippen LogP contribution in [0.25, 0.3) is 6.08 Å². The minimum atomic E-state index is -0.826. The first kappa shape index (κ1) is 30.8. The van der Waals surface area contributed by atoms with Gasteiger partial charge < -0.3 is 19.1 Å². The maximum absolute atomic E-state index is 14.0. The van der Waals surface area contributed by atoms with Crippen molar-refractivity contribution in [2.45, 2.75) is 47.6 Å². The van der Waals surface area contributed by atoms with E-state index in [1.165, 1.54) is 29.9 Å². The topological polar surface area (TPSA) is 99.4 Å². The maximum Gasteiger partial charge on any atom is 0.338 e. The predicted molar refractivity (Wildman–Crippen MR) is 164 cm³/mol. The van der Waals surface area contributed by atoms with Crippen molar-refractivity contribution in [3.05, 3.63) is 84.5 Å². The van der Waals surface area contributed by atoms with Gasteiger partial charge in [0.15, 0.2) is 16.3 Å². The summed E-state index contributed by atoms with van der Waals surface area (Å²) < 4.78 is 18.4. The first-order valence-electron chi connectivity index (χ1n) is 14.0. The second-order valence-electron chi connectivity index (χ2n) is 10.3. The first-order valence-corrected chi connectivity index (χ1v) is 14.8. The Morgan fingerprint density at radius 2 is 1.79 bits per heavy atom. The summed E-state index contributed by atoms with van der Waals surface area (Å²) in [6, 6.07) is 12.2. The molecule has 10 heteroatoms. The van der Waals surface area contributed by atoms with Gasteiger partial charge in [0.1, 0.15) is 0 Å². The van der Waals surface area contributed by atoms with E-state index in [9.17, 15) is 14.4 Å². The van der Waals surface area contributed by atoms with Crippen LogP contribution in [0, 0.1) is 5.92 Å². The van der Waals surface area contributed by atoms with E-state index in [1.54, 1.807) is 25.1 Å². The molecule has 4 rings (SSSR count). The highest BCUT2D eigenvalue weighted by molar-refractivity contribution is 7.07. The van der Waals surface area contributed by atoms with E-state index < -0.39 is 18.0 Å². The van der Waals surface area contributed by atoms with E-state index in [4.69, 9.17) is 14.2 Å². The number of nitrogens with zero attached hydrogens (tertiary/aromatic N) is 3. The van der Waals surface area contributed by atoms with Gasteiger partial charge in [0.25, 0.3) is 5.56 Å². The number of fused-ring (bicyclic) bond motifs is 1. The van der Waals surface area contributed by atoms with Gasteiger partial charge in [0.05, 0.1) is 35.6 Å². The van der Waals surface area contributed by atoms with Crippen molar-refractivity contribution in [3.8, 4) is 11.5 Å². The number of aromatic nitrogens is 1. The van der Waals surface area contributed by atoms with Crippen LogP contribution in [0.5, 0.6) is 11.5 Å². The lowest BCUT2D eigenvalue weighted by Gasteiger charge is -2.25. The normalized spacial score (nSPS) is 14.9. The number of anilines is 1. The Kier molecular flexibility index (Phi) is 9.67. The van der Waals surface area contributed by atoms with Gasteiger partial charge in [-0.25, -0.2) is 9.79 Å². The van der Waals surface area contributed by atoms with Crippen molar-refractivity contribution in [3.63, 3.8) is 0 Å². The average Bonchev–Trinajstić information content (AvgIpc) is 3.26. The Labute approximate surface area is 249 Å². The molecule has 42 heavy (non-hydrogen) atoms. The third kappa shape index (κ3) is 6.49. The van der Waals surface area contributed by atoms with Gasteiger partial charge in [-0.05, 0) is 68.2 Å². The van der Waals surface area contributed by atoms with E-state index in [1.807, 2.05) is 44.2 Å². The number of carbonyl (C=O) groups excluding carboxylic acids is 2. The number of ether oxygens (including phenoxy) is 3. The standard InChI is InChI=1S/C32H37N3O6S/c1-8-34(9-2)24-13-10-22(11-14-24)16-27-30(37)35-29(23-12-15-25(41-21(6)36)26(17-23)39-7)28(20(5)33-32(35)42-27)31(38)40-18-19(3)4/h10-17,19,29H,8-9,18H2,1-7H3. The van der Waals surface area contributed by atoms with Crippen LogP contribution in [0.3, 0.4) is 0 Å². The molecular weight excluding hydrogens is 554 g/mol. The fourth-order valence-electron chi connectivity index (χ4n) is 4.83. The molecule has 222 valence electrons. The summed E-state index contributed by atoms with van der Waals surface area (Å²) in [5.41, 5.74) is 3.04. The lowest BCUT2D eigenvalue weighted by Crippen LogP contribution is -2.40. The number of hydrogen-bond donors (Lipinski definition) is 0. The molecule has 0 bridgehead atoms. The van der Waals surface area contributed by atoms with Crippen molar-refractivity contribution in [2.24, 2.45) is 10.9 Å². The number of thiazole rings is 1. The van der Waals surface area contributed by atoms with Crippen LogP contribution in [0.15, 0.2) is 63.5 Å². The molecule has 0 amide bonds. The van der Waals surface area contributed by atoms with Crippen molar-refractivity contribution in [1.29, 1.82) is 0 Å². The highest BCUT2D eigenvalue weighted by Crippen LogP contribution is 2.36. The Hall–Kier alpha value is -4.18. The lowest BCUT2D eigenvalue weighted by molar-refractivity contribution is -0.140. The smallest absolute Gasteiger partial charge is 0.338 e. The fourth-order valence-corrected chi connectivity index (χ4v) is 5.88. The minimum absolute atomic E-state index is 0.130. The summed E-state index contributed by atoms with van der Waals surface area (Å²) in [4.78, 5) is 46.4. The lowest BCUT2D eigenvalue weighted by atomic mass is 9.95. The molecule has 0 saturated heterocycles. The predicted octanol–water partition coefficient (Wildman–Crippen LogP) is 4.21. The molecule has 1 atom stereocenters. The quantitative estimate of drug-likeness (QED) is 0.257. The van der Waals surface area contributed by atoms with Gasteiger partial charge in [0.2, 0.25) is 0 Å². The molecule has 1 aliphatic heterocycles. The van der Waals surface area contributed by atoms with Gasteiger partial charge in [-0.1, -0.05) is 43.4 Å². The van der Waals surface area contributed by atoms with Crippen LogP contribution in [0.2, 0.25) is 0 Å². The number of rotatable bonds is 10. The molecule has 1 unspecified atom stereocenters. The van der Waals surface area contributed by atoms with Crippen molar-refractivity contribution < 1.29 is 23.8 Å². The SMILES string of the molecule is CCN(CC)c1ccc(C=c2sc3n(c2=O)C(c2ccc(OC(C)=O)c(OC)c2)C(C(=O)OCC(C)C)=C(C)N=3)cc1. The number of hydrogen-bond acceptors (Lipinski definition) is 9. The van der Waals surface area contributed by atoms with Gasteiger partial charge in [-0.15, -0.1) is 0 Å². The molecule has 2 heterocycles. The third-order valence-corrected chi connectivity index (χ3v) is 7.85. The highest BCUT2D eigenvalue weighted by Gasteiger charge is 2.34. The van der Waals surface area contributed by atoms with Gasteiger partial charge in [-0.2, -0.15) is 0 Å². The third-order valence-electron chi connectivity index (χ3n) is 6.87. The molecule has 0 aliphatic carbocycles. The molecular formula is C32H37N3O6S. The van der Waals surface area contributed by atoms with Crippen LogP contribution in [-0.4, -0.2) is 43.3 Å². The number of allylic oxidation sites excluding steroid dienone is 1. The van der Waals surface area contributed by atoms with Gasteiger partial charge >= 0.3 is 11.9 Å². The zero-order valence-electron chi connectivity index (χ0n) is 25.1. The van der Waals surface area contributed by atoms with Gasteiger partial charge in [-0.3, -0.25) is 14.2 Å².